The van der Waals surface area contributed by atoms with Crippen LogP contribution in [0.25, 0.3) is 0 Å². The number of hydrogen-bond donors (Lipinski definition) is 4. The normalized spacial score (nSPS) is 34.6. The third-order valence-corrected chi connectivity index (χ3v) is 6.38. The van der Waals surface area contributed by atoms with Crippen LogP contribution < -0.4 is 22.1 Å². The van der Waals surface area contributed by atoms with Gasteiger partial charge in [-0.3, -0.25) is 19.2 Å². The summed E-state index contributed by atoms with van der Waals surface area (Å²) >= 11 is 0. The molecule has 0 radical (unpaired) electrons. The molecular formula is C20H32N4O5. The van der Waals surface area contributed by atoms with Gasteiger partial charge in [-0.25, -0.2) is 0 Å². The molecule has 4 aliphatic rings. The number of nitrogens with one attached hydrogen (secondary N) is 2. The van der Waals surface area contributed by atoms with E-state index in [0.29, 0.717) is 11.8 Å². The number of esters is 1. The summed E-state index contributed by atoms with van der Waals surface area (Å²) in [7, 11) is 0. The van der Waals surface area contributed by atoms with Crippen molar-refractivity contribution in [1.29, 1.82) is 0 Å². The van der Waals surface area contributed by atoms with Gasteiger partial charge in [0.15, 0.2) is 0 Å². The first-order valence-electron chi connectivity index (χ1n) is 10.9. The van der Waals surface area contributed by atoms with Gasteiger partial charge in [-0.05, 0) is 69.1 Å². The lowest BCUT2D eigenvalue weighted by Crippen LogP contribution is -2.52. The maximum absolute atomic E-state index is 12.5. The number of hydrogen-bond acceptors (Lipinski definition) is 6. The fraction of sp³-hybridized carbons (Fsp3) is 0.800. The molecule has 29 heavy (non-hydrogen) atoms. The highest BCUT2D eigenvalue weighted by molar-refractivity contribution is 5.91. The van der Waals surface area contributed by atoms with Crippen LogP contribution in [0.4, 0.5) is 0 Å². The molecule has 0 aromatic rings. The first-order valence-corrected chi connectivity index (χ1v) is 10.4. The van der Waals surface area contributed by atoms with Gasteiger partial charge in [-0.2, -0.15) is 0 Å². The van der Waals surface area contributed by atoms with Gasteiger partial charge in [-0.15, -0.1) is 0 Å². The zero-order valence-corrected chi connectivity index (χ0v) is 16.8. The van der Waals surface area contributed by atoms with Crippen LogP contribution in [0.3, 0.4) is 0 Å². The lowest BCUT2D eigenvalue weighted by atomic mass is 9.55. The highest BCUT2D eigenvalue weighted by Gasteiger charge is 2.49. The van der Waals surface area contributed by atoms with Crippen LogP contribution in [-0.4, -0.2) is 48.4 Å². The summed E-state index contributed by atoms with van der Waals surface area (Å²) in [4.78, 5) is 47.6. The fourth-order valence-corrected chi connectivity index (χ4v) is 5.18. The Kier molecular flexibility index (Phi) is 6.32. The SMILES string of the molecule is [2H]C12CC3CC(CC(C3)C1OC(=O)CC[C@@H](NC(=O)[C@H](C)NC(=O)CN)C(N)=O)C2. The third kappa shape index (κ3) is 5.26. The van der Waals surface area contributed by atoms with E-state index in [2.05, 4.69) is 10.6 Å². The number of amides is 3. The van der Waals surface area contributed by atoms with Crippen LogP contribution in [0.5, 0.6) is 0 Å². The number of rotatable bonds is 9. The molecule has 4 aliphatic carbocycles. The first-order chi connectivity index (χ1) is 14.1. The fourth-order valence-electron chi connectivity index (χ4n) is 5.18. The van der Waals surface area contributed by atoms with E-state index >= 15 is 0 Å². The molecule has 6 N–H and O–H groups in total. The molecule has 0 heterocycles. The van der Waals surface area contributed by atoms with Crippen molar-refractivity contribution < 1.29 is 25.3 Å². The van der Waals surface area contributed by atoms with Gasteiger partial charge >= 0.3 is 5.97 Å². The van der Waals surface area contributed by atoms with E-state index in [-0.39, 0.29) is 25.3 Å². The summed E-state index contributed by atoms with van der Waals surface area (Å²) in [6.07, 6.45) is 4.29. The molecule has 0 aromatic carbocycles. The highest BCUT2D eigenvalue weighted by atomic mass is 16.5. The van der Waals surface area contributed by atoms with Gasteiger partial charge < -0.3 is 26.8 Å². The molecule has 9 heteroatoms. The summed E-state index contributed by atoms with van der Waals surface area (Å²) < 4.78 is 14.5. The van der Waals surface area contributed by atoms with Crippen LogP contribution in [-0.2, 0) is 23.9 Å². The van der Waals surface area contributed by atoms with E-state index in [9.17, 15) is 19.2 Å². The molecule has 5 atom stereocenters. The second-order valence-electron chi connectivity index (χ2n) is 8.67. The second-order valence-corrected chi connectivity index (χ2v) is 8.67. The molecule has 9 nitrogen and oxygen atoms in total. The standard InChI is InChI=1S/C20H32N4O5/c1-10(23-16(25)9-21)20(28)24-15(19(22)27)2-3-17(26)29-18-13-5-11-4-12(7-13)8-14(18)6-11/h10-15,18H,2-9,21H2,1H3,(H2,22,27)(H,23,25)(H,24,28)/t10-,11?,12?,13?,14?,15+,18?/m0/s1/i13D. The molecule has 0 saturated heterocycles. The van der Waals surface area contributed by atoms with Crippen molar-refractivity contribution in [3.8, 4) is 0 Å². The Balaban J connectivity index is 1.50. The molecule has 0 aromatic heterocycles. The van der Waals surface area contributed by atoms with E-state index in [4.69, 9.17) is 17.6 Å². The molecule has 4 rings (SSSR count). The van der Waals surface area contributed by atoms with Crippen LogP contribution >= 0.6 is 0 Å². The minimum Gasteiger partial charge on any atom is -0.462 e. The van der Waals surface area contributed by atoms with Gasteiger partial charge in [0, 0.05) is 7.79 Å². The minimum atomic E-state index is -1.06. The van der Waals surface area contributed by atoms with Crippen molar-refractivity contribution in [3.63, 3.8) is 0 Å². The zero-order valence-electron chi connectivity index (χ0n) is 17.8. The van der Waals surface area contributed by atoms with E-state index in [1.165, 1.54) is 13.3 Å². The van der Waals surface area contributed by atoms with Gasteiger partial charge in [-0.1, -0.05) is 0 Å². The Hall–Kier alpha value is -2.16. The van der Waals surface area contributed by atoms with E-state index < -0.39 is 47.8 Å². The predicted molar refractivity (Wildman–Crippen MR) is 104 cm³/mol. The van der Waals surface area contributed by atoms with Crippen LogP contribution in [0, 0.1) is 23.6 Å². The van der Waals surface area contributed by atoms with E-state index in [1.807, 2.05) is 0 Å². The third-order valence-electron chi connectivity index (χ3n) is 6.38. The highest BCUT2D eigenvalue weighted by Crippen LogP contribution is 2.54. The molecule has 4 bridgehead atoms. The molecule has 3 unspecified atom stereocenters. The number of nitrogens with two attached hydrogens (primary N) is 2. The molecular weight excluding hydrogens is 376 g/mol. The second kappa shape index (κ2) is 9.11. The lowest BCUT2D eigenvalue weighted by Gasteiger charge is -2.53. The van der Waals surface area contributed by atoms with Crippen molar-refractivity contribution in [2.45, 2.75) is 70.1 Å². The predicted octanol–water partition coefficient (Wildman–Crippen LogP) is -0.432. The Morgan fingerprint density at radius 1 is 1.10 bits per heavy atom. The molecule has 4 fully saturated rings. The van der Waals surface area contributed by atoms with Crippen molar-refractivity contribution in [2.75, 3.05) is 6.54 Å². The van der Waals surface area contributed by atoms with Crippen molar-refractivity contribution in [1.82, 2.24) is 10.6 Å². The summed E-state index contributed by atoms with van der Waals surface area (Å²) in [5.41, 5.74) is 10.6. The monoisotopic (exact) mass is 409 g/mol. The average Bonchev–Trinajstić information content (AvgIpc) is 2.66. The van der Waals surface area contributed by atoms with E-state index in [0.717, 1.165) is 25.7 Å². The summed E-state index contributed by atoms with van der Waals surface area (Å²) in [6, 6.07) is -1.96. The summed E-state index contributed by atoms with van der Waals surface area (Å²) in [5.74, 6) is -1.66. The Labute approximate surface area is 172 Å². The largest absolute Gasteiger partial charge is 0.462 e. The number of primary amides is 1. The van der Waals surface area contributed by atoms with Crippen molar-refractivity contribution >= 4 is 23.7 Å². The van der Waals surface area contributed by atoms with Crippen LogP contribution in [0.15, 0.2) is 0 Å². The first kappa shape index (κ1) is 20.1. The van der Waals surface area contributed by atoms with Gasteiger partial charge in [0.25, 0.3) is 0 Å². The number of carbonyl (C=O) groups is 4. The molecule has 162 valence electrons. The smallest absolute Gasteiger partial charge is 0.306 e. The Morgan fingerprint density at radius 3 is 2.31 bits per heavy atom. The maximum Gasteiger partial charge on any atom is 0.306 e. The molecule has 0 spiro atoms. The summed E-state index contributed by atoms with van der Waals surface area (Å²) in [5, 5.41) is 4.84. The summed E-state index contributed by atoms with van der Waals surface area (Å²) in [6.45, 7) is 1.19. The topological polar surface area (TPSA) is 154 Å². The molecule has 3 amide bonds. The molecule has 0 aliphatic heterocycles. The van der Waals surface area contributed by atoms with Crippen molar-refractivity contribution in [2.24, 2.45) is 35.1 Å². The number of carbonyl (C=O) groups excluding carboxylic acids is 4. The quantitative estimate of drug-likeness (QED) is 0.379. The minimum absolute atomic E-state index is 0.00883. The van der Waals surface area contributed by atoms with Crippen LogP contribution in [0.2, 0.25) is 0 Å². The Bertz CT molecular complexity index is 703. The van der Waals surface area contributed by atoms with E-state index in [1.54, 1.807) is 0 Å². The number of ether oxygens (including phenoxy) is 1. The zero-order chi connectivity index (χ0) is 22.1. The average molecular weight is 410 g/mol. The lowest BCUT2D eigenvalue weighted by molar-refractivity contribution is -0.171. The van der Waals surface area contributed by atoms with Gasteiger partial charge in [0.05, 0.1) is 6.54 Å². The van der Waals surface area contributed by atoms with Crippen LogP contribution in [0.1, 0.15) is 53.2 Å². The van der Waals surface area contributed by atoms with Crippen molar-refractivity contribution in [3.05, 3.63) is 0 Å². The Morgan fingerprint density at radius 2 is 1.76 bits per heavy atom. The maximum atomic E-state index is 12.5. The van der Waals surface area contributed by atoms with Gasteiger partial charge in [0.1, 0.15) is 18.2 Å². The molecule has 4 saturated carbocycles. The van der Waals surface area contributed by atoms with Gasteiger partial charge in [0.2, 0.25) is 17.7 Å².